The molecule has 2 nitrogen and oxygen atoms in total. The first kappa shape index (κ1) is 8.69. The highest BCUT2D eigenvalue weighted by Gasteiger charge is 2.56. The highest BCUT2D eigenvalue weighted by atomic mass is 19.3. The zero-order valence-corrected chi connectivity index (χ0v) is 7.31. The van der Waals surface area contributed by atoms with E-state index in [4.69, 9.17) is 10.2 Å². The van der Waals surface area contributed by atoms with Crippen molar-refractivity contribution in [3.05, 3.63) is 23.7 Å². The molecule has 13 heavy (non-hydrogen) atoms. The molecule has 4 heteroatoms. The Bertz CT molecular complexity index is 324. The summed E-state index contributed by atoms with van der Waals surface area (Å²) in [6.07, 6.45) is 0.927. The maximum absolute atomic E-state index is 12.6. The summed E-state index contributed by atoms with van der Waals surface area (Å²) in [4.78, 5) is 0. The lowest BCUT2D eigenvalue weighted by Gasteiger charge is -2.44. The molecule has 2 rings (SSSR count). The second kappa shape index (κ2) is 2.32. The van der Waals surface area contributed by atoms with Gasteiger partial charge in [0.15, 0.2) is 0 Å². The number of hydrogen-bond donors (Lipinski definition) is 1. The van der Waals surface area contributed by atoms with Crippen LogP contribution in [0.4, 0.5) is 8.78 Å². The Hall–Kier alpha value is -0.900. The van der Waals surface area contributed by atoms with Crippen LogP contribution in [-0.4, -0.2) is 5.92 Å². The van der Waals surface area contributed by atoms with Gasteiger partial charge in [-0.05, 0) is 13.0 Å². The maximum atomic E-state index is 12.6. The van der Waals surface area contributed by atoms with Gasteiger partial charge in [-0.1, -0.05) is 0 Å². The fourth-order valence-corrected chi connectivity index (χ4v) is 1.96. The lowest BCUT2D eigenvalue weighted by molar-refractivity contribution is -0.125. The van der Waals surface area contributed by atoms with Gasteiger partial charge in [0.25, 0.3) is 5.92 Å². The summed E-state index contributed by atoms with van der Waals surface area (Å²) in [6.45, 7) is 1.74. The van der Waals surface area contributed by atoms with Crippen LogP contribution in [0.25, 0.3) is 0 Å². The third-order valence-electron chi connectivity index (χ3n) is 2.54. The van der Waals surface area contributed by atoms with Crippen LogP contribution in [0.5, 0.6) is 0 Å². The van der Waals surface area contributed by atoms with Crippen molar-refractivity contribution in [3.8, 4) is 0 Å². The molecule has 1 fully saturated rings. The van der Waals surface area contributed by atoms with E-state index in [0.717, 1.165) is 0 Å². The van der Waals surface area contributed by atoms with Gasteiger partial charge in [0.1, 0.15) is 5.76 Å². The molecule has 1 saturated carbocycles. The molecule has 1 aromatic rings. The van der Waals surface area contributed by atoms with E-state index in [9.17, 15) is 8.78 Å². The predicted molar refractivity (Wildman–Crippen MR) is 43.5 cm³/mol. The minimum absolute atomic E-state index is 0.277. The minimum Gasteiger partial charge on any atom is -0.469 e. The van der Waals surface area contributed by atoms with Gasteiger partial charge in [0, 0.05) is 18.4 Å². The molecule has 1 aliphatic carbocycles. The van der Waals surface area contributed by atoms with Gasteiger partial charge in [-0.2, -0.15) is 0 Å². The molecule has 72 valence electrons. The molecule has 0 spiro atoms. The summed E-state index contributed by atoms with van der Waals surface area (Å²) in [5, 5.41) is 0. The van der Waals surface area contributed by atoms with Crippen molar-refractivity contribution < 1.29 is 13.2 Å². The smallest absolute Gasteiger partial charge is 0.252 e. The summed E-state index contributed by atoms with van der Waals surface area (Å²) in [7, 11) is 0. The Morgan fingerprint density at radius 2 is 2.08 bits per heavy atom. The van der Waals surface area contributed by atoms with Gasteiger partial charge >= 0.3 is 0 Å². The molecule has 0 saturated heterocycles. The summed E-state index contributed by atoms with van der Waals surface area (Å²) < 4.78 is 30.3. The Morgan fingerprint density at radius 1 is 1.46 bits per heavy atom. The zero-order valence-electron chi connectivity index (χ0n) is 7.31. The summed E-state index contributed by atoms with van der Waals surface area (Å²) in [6, 6.07) is 1.67. The van der Waals surface area contributed by atoms with Gasteiger partial charge in [0.05, 0.1) is 11.8 Å². The van der Waals surface area contributed by atoms with Gasteiger partial charge in [0.2, 0.25) is 0 Å². The monoisotopic (exact) mass is 187 g/mol. The van der Waals surface area contributed by atoms with Gasteiger partial charge in [-0.25, -0.2) is 8.78 Å². The molecule has 0 amide bonds. The number of rotatable bonds is 1. The molecule has 2 N–H and O–H groups in total. The molecule has 0 unspecified atom stereocenters. The van der Waals surface area contributed by atoms with Crippen LogP contribution in [0.1, 0.15) is 24.2 Å². The SMILES string of the molecule is Cc1occc1C1(N)CC(F)(F)C1. The third-order valence-corrected chi connectivity index (χ3v) is 2.54. The molecule has 0 aromatic carbocycles. The van der Waals surface area contributed by atoms with Gasteiger partial charge in [-0.15, -0.1) is 0 Å². The van der Waals surface area contributed by atoms with Crippen LogP contribution < -0.4 is 5.73 Å². The van der Waals surface area contributed by atoms with E-state index in [2.05, 4.69) is 0 Å². The van der Waals surface area contributed by atoms with Crippen molar-refractivity contribution in [2.75, 3.05) is 0 Å². The van der Waals surface area contributed by atoms with E-state index >= 15 is 0 Å². The van der Waals surface area contributed by atoms with Crippen molar-refractivity contribution in [3.63, 3.8) is 0 Å². The van der Waals surface area contributed by atoms with E-state index in [1.165, 1.54) is 6.26 Å². The van der Waals surface area contributed by atoms with Gasteiger partial charge in [-0.3, -0.25) is 0 Å². The first-order valence-corrected chi connectivity index (χ1v) is 4.14. The largest absolute Gasteiger partial charge is 0.469 e. The number of alkyl halides is 2. The van der Waals surface area contributed by atoms with Crippen LogP contribution >= 0.6 is 0 Å². The molecule has 0 aliphatic heterocycles. The molecule has 0 bridgehead atoms. The summed E-state index contributed by atoms with van der Waals surface area (Å²) in [5.74, 6) is -1.96. The van der Waals surface area contributed by atoms with Gasteiger partial charge < -0.3 is 10.2 Å². The third kappa shape index (κ3) is 1.25. The standard InChI is InChI=1S/C9H11F2NO/c1-6-7(2-3-13-6)8(12)4-9(10,11)5-8/h2-3H,4-5,12H2,1H3. The molecule has 1 aromatic heterocycles. The fourth-order valence-electron chi connectivity index (χ4n) is 1.96. The lowest BCUT2D eigenvalue weighted by Crippen LogP contribution is -2.55. The minimum atomic E-state index is -2.60. The van der Waals surface area contributed by atoms with Crippen LogP contribution in [0.2, 0.25) is 0 Å². The summed E-state index contributed by atoms with van der Waals surface area (Å²) >= 11 is 0. The second-order valence-corrected chi connectivity index (χ2v) is 3.76. The van der Waals surface area contributed by atoms with Crippen molar-refractivity contribution in [2.45, 2.75) is 31.2 Å². The number of nitrogens with two attached hydrogens (primary N) is 1. The first-order valence-electron chi connectivity index (χ1n) is 4.14. The number of halogens is 2. The Balaban J connectivity index is 2.25. The van der Waals surface area contributed by atoms with E-state index in [1.54, 1.807) is 13.0 Å². The molecular weight excluding hydrogens is 176 g/mol. The number of aryl methyl sites for hydroxylation is 1. The van der Waals surface area contributed by atoms with E-state index in [0.29, 0.717) is 11.3 Å². The van der Waals surface area contributed by atoms with Crippen molar-refractivity contribution in [1.29, 1.82) is 0 Å². The van der Waals surface area contributed by atoms with E-state index < -0.39 is 11.5 Å². The second-order valence-electron chi connectivity index (χ2n) is 3.76. The first-order chi connectivity index (χ1) is 5.93. The Kier molecular flexibility index (Phi) is 1.55. The van der Waals surface area contributed by atoms with Crippen LogP contribution in [0.15, 0.2) is 16.7 Å². The van der Waals surface area contributed by atoms with E-state index in [1.807, 2.05) is 0 Å². The Morgan fingerprint density at radius 3 is 2.46 bits per heavy atom. The predicted octanol–water partition coefficient (Wildman–Crippen LogP) is 2.17. The molecular formula is C9H11F2NO. The molecule has 0 atom stereocenters. The lowest BCUT2D eigenvalue weighted by atomic mass is 9.70. The average molecular weight is 187 g/mol. The zero-order chi connectivity index (χ0) is 9.69. The Labute approximate surface area is 74.7 Å². The quantitative estimate of drug-likeness (QED) is 0.731. The highest BCUT2D eigenvalue weighted by Crippen LogP contribution is 2.50. The topological polar surface area (TPSA) is 39.2 Å². The van der Waals surface area contributed by atoms with Crippen LogP contribution in [-0.2, 0) is 5.54 Å². The van der Waals surface area contributed by atoms with Crippen LogP contribution in [0.3, 0.4) is 0 Å². The van der Waals surface area contributed by atoms with E-state index in [-0.39, 0.29) is 12.8 Å². The maximum Gasteiger partial charge on any atom is 0.252 e. The van der Waals surface area contributed by atoms with Crippen molar-refractivity contribution in [1.82, 2.24) is 0 Å². The fraction of sp³-hybridized carbons (Fsp3) is 0.556. The van der Waals surface area contributed by atoms with Crippen molar-refractivity contribution >= 4 is 0 Å². The van der Waals surface area contributed by atoms with Crippen molar-refractivity contribution in [2.24, 2.45) is 5.73 Å². The average Bonchev–Trinajstić information content (AvgIpc) is 2.30. The number of furan rings is 1. The normalized spacial score (nSPS) is 24.0. The molecule has 1 aliphatic rings. The summed E-state index contributed by atoms with van der Waals surface area (Å²) in [5.41, 5.74) is 5.64. The number of hydrogen-bond acceptors (Lipinski definition) is 2. The molecule has 0 radical (unpaired) electrons. The molecule has 1 heterocycles. The highest BCUT2D eigenvalue weighted by molar-refractivity contribution is 5.30. The van der Waals surface area contributed by atoms with Crippen LogP contribution in [0, 0.1) is 6.92 Å².